The number of aliphatic imine (C=N–C) groups is 1. The van der Waals surface area contributed by atoms with E-state index in [9.17, 15) is 0 Å². The average molecular weight is 139 g/mol. The van der Waals surface area contributed by atoms with E-state index in [0.717, 1.165) is 10.8 Å². The van der Waals surface area contributed by atoms with Gasteiger partial charge in [0, 0.05) is 0 Å². The van der Waals surface area contributed by atoms with Crippen LogP contribution >= 0.6 is 11.8 Å². The molecule has 0 aromatic carbocycles. The Morgan fingerprint density at radius 2 is 2.67 bits per heavy atom. The Kier molecular flexibility index (Phi) is 1.09. The molecular weight excluding hydrogens is 134 g/mol. The molecule has 0 fully saturated rings. The van der Waals surface area contributed by atoms with Gasteiger partial charge in [-0.25, -0.2) is 4.99 Å². The summed E-state index contributed by atoms with van der Waals surface area (Å²) >= 11 is 1.61. The van der Waals surface area contributed by atoms with E-state index in [2.05, 4.69) is 4.99 Å². The average Bonchev–Trinajstić information content (AvgIpc) is 2.33. The molecule has 0 saturated heterocycles. The summed E-state index contributed by atoms with van der Waals surface area (Å²) in [6, 6.07) is 0. The van der Waals surface area contributed by atoms with Crippen molar-refractivity contribution < 1.29 is 4.74 Å². The Morgan fingerprint density at radius 3 is 3.56 bits per heavy atom. The Labute approximate surface area is 57.3 Å². The van der Waals surface area contributed by atoms with Gasteiger partial charge in [-0.1, -0.05) is 17.8 Å². The van der Waals surface area contributed by atoms with E-state index in [1.54, 1.807) is 11.8 Å². The fraction of sp³-hybridized carbons (Fsp3) is 0.167. The molecule has 0 N–H and O–H groups in total. The predicted molar refractivity (Wildman–Crippen MR) is 38.2 cm³/mol. The van der Waals surface area contributed by atoms with E-state index < -0.39 is 0 Å². The Balaban J connectivity index is 2.37. The van der Waals surface area contributed by atoms with Crippen molar-refractivity contribution in [1.29, 1.82) is 0 Å². The SMILES string of the molecule is C1=CSC2=NCOC2=C1. The number of hydrogen-bond donors (Lipinski definition) is 0. The maximum Gasteiger partial charge on any atom is 0.180 e. The highest BCUT2D eigenvalue weighted by Crippen LogP contribution is 2.23. The number of hydrogen-bond acceptors (Lipinski definition) is 3. The van der Waals surface area contributed by atoms with Gasteiger partial charge in [-0.05, 0) is 11.5 Å². The van der Waals surface area contributed by atoms with Gasteiger partial charge >= 0.3 is 0 Å². The number of nitrogens with zero attached hydrogens (tertiary/aromatic N) is 1. The van der Waals surface area contributed by atoms with Gasteiger partial charge in [-0.3, -0.25) is 0 Å². The maximum absolute atomic E-state index is 5.14. The summed E-state index contributed by atoms with van der Waals surface area (Å²) in [6.07, 6.45) is 3.90. The molecule has 2 nitrogen and oxygen atoms in total. The molecule has 0 radical (unpaired) electrons. The monoisotopic (exact) mass is 139 g/mol. The molecule has 46 valence electrons. The molecule has 0 bridgehead atoms. The Morgan fingerprint density at radius 1 is 1.67 bits per heavy atom. The predicted octanol–water partition coefficient (Wildman–Crippen LogP) is 1.52. The van der Waals surface area contributed by atoms with E-state index in [0.29, 0.717) is 6.73 Å². The smallest absolute Gasteiger partial charge is 0.180 e. The van der Waals surface area contributed by atoms with Gasteiger partial charge in [0.2, 0.25) is 0 Å². The third-order valence-corrected chi connectivity index (χ3v) is 1.99. The summed E-state index contributed by atoms with van der Waals surface area (Å²) in [5.41, 5.74) is 0. The number of thioether (sulfide) groups is 1. The molecule has 0 aromatic rings. The molecule has 2 aliphatic heterocycles. The van der Waals surface area contributed by atoms with Crippen molar-refractivity contribution in [1.82, 2.24) is 0 Å². The summed E-state index contributed by atoms with van der Waals surface area (Å²) in [7, 11) is 0. The van der Waals surface area contributed by atoms with Gasteiger partial charge in [0.25, 0.3) is 0 Å². The van der Waals surface area contributed by atoms with Gasteiger partial charge in [0.15, 0.2) is 12.5 Å². The maximum atomic E-state index is 5.14. The van der Waals surface area contributed by atoms with E-state index in [4.69, 9.17) is 4.74 Å². The first-order valence-electron chi connectivity index (χ1n) is 2.68. The molecule has 2 rings (SSSR count). The number of fused-ring (bicyclic) bond motifs is 1. The van der Waals surface area contributed by atoms with Crippen LogP contribution in [0.5, 0.6) is 0 Å². The van der Waals surface area contributed by atoms with Crippen LogP contribution in [0.25, 0.3) is 0 Å². The van der Waals surface area contributed by atoms with Gasteiger partial charge < -0.3 is 4.74 Å². The van der Waals surface area contributed by atoms with Crippen molar-refractivity contribution in [3.05, 3.63) is 23.3 Å². The van der Waals surface area contributed by atoms with Crippen LogP contribution < -0.4 is 0 Å². The molecule has 0 aliphatic carbocycles. The van der Waals surface area contributed by atoms with Crippen LogP contribution in [0.4, 0.5) is 0 Å². The third-order valence-electron chi connectivity index (χ3n) is 1.14. The fourth-order valence-corrected chi connectivity index (χ4v) is 1.40. The minimum atomic E-state index is 0.496. The summed E-state index contributed by atoms with van der Waals surface area (Å²) in [5, 5.41) is 3.01. The first-order valence-corrected chi connectivity index (χ1v) is 3.56. The van der Waals surface area contributed by atoms with Crippen molar-refractivity contribution >= 4 is 16.8 Å². The van der Waals surface area contributed by atoms with Crippen LogP contribution in [0.1, 0.15) is 0 Å². The molecule has 2 heterocycles. The van der Waals surface area contributed by atoms with E-state index in [1.165, 1.54) is 0 Å². The van der Waals surface area contributed by atoms with Crippen LogP contribution in [0.2, 0.25) is 0 Å². The zero-order valence-corrected chi connectivity index (χ0v) is 5.52. The van der Waals surface area contributed by atoms with Crippen LogP contribution in [0.3, 0.4) is 0 Å². The standard InChI is InChI=1S/C6H5NOS/c1-2-5-6(9-3-1)7-4-8-5/h1-3H,4H2. The fourth-order valence-electron chi connectivity index (χ4n) is 0.745. The van der Waals surface area contributed by atoms with Crippen LogP contribution in [-0.4, -0.2) is 11.8 Å². The molecule has 0 aromatic heterocycles. The van der Waals surface area contributed by atoms with Crippen LogP contribution in [0, 0.1) is 0 Å². The highest BCUT2D eigenvalue weighted by Gasteiger charge is 2.14. The Bertz CT molecular complexity index is 217. The van der Waals surface area contributed by atoms with Crippen molar-refractivity contribution in [2.24, 2.45) is 4.99 Å². The van der Waals surface area contributed by atoms with E-state index in [-0.39, 0.29) is 0 Å². The minimum absolute atomic E-state index is 0.496. The first kappa shape index (κ1) is 5.11. The lowest BCUT2D eigenvalue weighted by Gasteiger charge is -2.00. The lowest BCUT2D eigenvalue weighted by atomic mass is 10.4. The van der Waals surface area contributed by atoms with Crippen molar-refractivity contribution in [3.8, 4) is 0 Å². The lowest BCUT2D eigenvalue weighted by molar-refractivity contribution is 0.262. The van der Waals surface area contributed by atoms with E-state index >= 15 is 0 Å². The largest absolute Gasteiger partial charge is 0.468 e. The minimum Gasteiger partial charge on any atom is -0.468 e. The number of rotatable bonds is 0. The highest BCUT2D eigenvalue weighted by molar-refractivity contribution is 8.17. The molecule has 0 unspecified atom stereocenters. The quantitative estimate of drug-likeness (QED) is 0.507. The Hall–Kier alpha value is -0.700. The second-order valence-corrected chi connectivity index (χ2v) is 2.61. The number of allylic oxidation sites excluding steroid dienone is 2. The zero-order valence-electron chi connectivity index (χ0n) is 4.70. The summed E-state index contributed by atoms with van der Waals surface area (Å²) < 4.78 is 5.14. The van der Waals surface area contributed by atoms with Gasteiger partial charge in [-0.2, -0.15) is 0 Å². The van der Waals surface area contributed by atoms with Crippen molar-refractivity contribution in [3.63, 3.8) is 0 Å². The third kappa shape index (κ3) is 0.772. The molecule has 2 aliphatic rings. The normalized spacial score (nSPS) is 22.2. The highest BCUT2D eigenvalue weighted by atomic mass is 32.2. The topological polar surface area (TPSA) is 21.6 Å². The van der Waals surface area contributed by atoms with Crippen molar-refractivity contribution in [2.75, 3.05) is 6.73 Å². The molecule has 0 spiro atoms. The summed E-state index contributed by atoms with van der Waals surface area (Å²) in [4.78, 5) is 4.10. The van der Waals surface area contributed by atoms with E-state index in [1.807, 2.05) is 17.6 Å². The summed E-state index contributed by atoms with van der Waals surface area (Å²) in [5.74, 6) is 0.919. The summed E-state index contributed by atoms with van der Waals surface area (Å²) in [6.45, 7) is 0.496. The zero-order chi connectivity index (χ0) is 6.10. The second-order valence-electron chi connectivity index (χ2n) is 1.71. The van der Waals surface area contributed by atoms with Gasteiger partial charge in [-0.15, -0.1) is 0 Å². The molecule has 0 amide bonds. The molecule has 0 atom stereocenters. The van der Waals surface area contributed by atoms with Crippen LogP contribution in [0.15, 0.2) is 28.3 Å². The van der Waals surface area contributed by atoms with Gasteiger partial charge in [0.05, 0.1) is 0 Å². The van der Waals surface area contributed by atoms with Crippen LogP contribution in [-0.2, 0) is 4.74 Å². The van der Waals surface area contributed by atoms with Gasteiger partial charge in [0.1, 0.15) is 5.04 Å². The van der Waals surface area contributed by atoms with Crippen molar-refractivity contribution in [2.45, 2.75) is 0 Å². The molecule has 3 heteroatoms. The first-order chi connectivity index (χ1) is 4.47. The number of ether oxygens (including phenoxy) is 1. The molecular formula is C6H5NOS. The lowest BCUT2D eigenvalue weighted by Crippen LogP contribution is -1.93. The molecule has 0 saturated carbocycles. The molecule has 9 heavy (non-hydrogen) atoms. The second kappa shape index (κ2) is 1.92.